The third kappa shape index (κ3) is 4.31. The van der Waals surface area contributed by atoms with Crippen LogP contribution < -0.4 is 9.88 Å². The fraction of sp³-hybridized carbons (Fsp3) is 0.300. The van der Waals surface area contributed by atoms with Crippen LogP contribution in [0.1, 0.15) is 12.3 Å². The van der Waals surface area contributed by atoms with Crippen LogP contribution in [-0.4, -0.2) is 47.1 Å². The van der Waals surface area contributed by atoms with Gasteiger partial charge in [0.2, 0.25) is 17.6 Å². The molecule has 7 nitrogen and oxygen atoms in total. The highest BCUT2D eigenvalue weighted by atomic mass is 35.5. The number of carbonyl (C=O) groups excluding carboxylic acids is 1. The minimum Gasteiger partial charge on any atom is -0.368 e. The molecule has 0 saturated carbocycles. The van der Waals surface area contributed by atoms with Crippen LogP contribution in [0.25, 0.3) is 11.4 Å². The Labute approximate surface area is 167 Å². The van der Waals surface area contributed by atoms with Gasteiger partial charge in [-0.1, -0.05) is 16.8 Å². The van der Waals surface area contributed by atoms with Crippen molar-refractivity contribution in [2.45, 2.75) is 12.8 Å². The van der Waals surface area contributed by atoms with Gasteiger partial charge in [0, 0.05) is 67.4 Å². The summed E-state index contributed by atoms with van der Waals surface area (Å²) in [7, 11) is 0. The van der Waals surface area contributed by atoms with E-state index in [1.165, 1.54) is 5.69 Å². The van der Waals surface area contributed by atoms with Crippen molar-refractivity contribution in [3.63, 3.8) is 0 Å². The molecule has 0 atom stereocenters. The summed E-state index contributed by atoms with van der Waals surface area (Å²) in [6.07, 6.45) is 4.63. The number of piperazine rings is 1. The van der Waals surface area contributed by atoms with Crippen LogP contribution in [0.15, 0.2) is 53.3 Å². The SMILES string of the molecule is O=C(CCc1nc(-c2ccc(Cl)cc2)no1)N1CCN(c2cc[nH+]cc2)CC1. The number of hydrogen-bond donors (Lipinski definition) is 0. The number of anilines is 1. The number of H-pyrrole nitrogens is 1. The molecule has 1 aliphatic rings. The Balaban J connectivity index is 1.28. The van der Waals surface area contributed by atoms with E-state index in [0.29, 0.717) is 29.6 Å². The van der Waals surface area contributed by atoms with Crippen LogP contribution in [0.5, 0.6) is 0 Å². The predicted octanol–water partition coefficient (Wildman–Crippen LogP) is 2.49. The number of hydrogen-bond acceptors (Lipinski definition) is 5. The average molecular weight is 399 g/mol. The van der Waals surface area contributed by atoms with Gasteiger partial charge in [0.15, 0.2) is 12.4 Å². The summed E-state index contributed by atoms with van der Waals surface area (Å²) in [6, 6.07) is 11.3. The maximum absolute atomic E-state index is 12.5. The Kier molecular flexibility index (Phi) is 5.53. The number of nitrogens with one attached hydrogen (secondary N) is 1. The van der Waals surface area contributed by atoms with E-state index < -0.39 is 0 Å². The first kappa shape index (κ1) is 18.4. The smallest absolute Gasteiger partial charge is 0.227 e. The lowest BCUT2D eigenvalue weighted by molar-refractivity contribution is -0.377. The molecule has 1 aliphatic heterocycles. The lowest BCUT2D eigenvalue weighted by atomic mass is 10.2. The zero-order chi connectivity index (χ0) is 19.3. The Hall–Kier alpha value is -2.93. The van der Waals surface area contributed by atoms with Crippen molar-refractivity contribution >= 4 is 23.2 Å². The number of halogens is 1. The van der Waals surface area contributed by atoms with Gasteiger partial charge in [0.05, 0.1) is 0 Å². The highest BCUT2D eigenvalue weighted by molar-refractivity contribution is 6.30. The molecule has 1 saturated heterocycles. The summed E-state index contributed by atoms with van der Waals surface area (Å²) < 4.78 is 5.29. The van der Waals surface area contributed by atoms with Crippen LogP contribution in [0.2, 0.25) is 5.02 Å². The maximum Gasteiger partial charge on any atom is 0.227 e. The molecule has 28 heavy (non-hydrogen) atoms. The fourth-order valence-electron chi connectivity index (χ4n) is 3.25. The first-order valence-corrected chi connectivity index (χ1v) is 9.64. The monoisotopic (exact) mass is 398 g/mol. The molecule has 0 radical (unpaired) electrons. The van der Waals surface area contributed by atoms with E-state index in [-0.39, 0.29) is 5.91 Å². The Morgan fingerprint density at radius 3 is 2.50 bits per heavy atom. The molecule has 1 N–H and O–H groups in total. The van der Waals surface area contributed by atoms with Crippen molar-refractivity contribution in [3.05, 3.63) is 59.7 Å². The standard InChI is InChI=1S/C20H20ClN5O2/c21-16-3-1-15(2-4-16)20-23-18(28-24-20)5-6-19(27)26-13-11-25(12-14-26)17-7-9-22-10-8-17/h1-4,7-10H,5-6,11-14H2/p+1. The van der Waals surface area contributed by atoms with Crippen molar-refractivity contribution in [1.29, 1.82) is 0 Å². The second-order valence-electron chi connectivity index (χ2n) is 6.64. The number of aryl methyl sites for hydroxylation is 1. The van der Waals surface area contributed by atoms with E-state index >= 15 is 0 Å². The molecule has 8 heteroatoms. The zero-order valence-electron chi connectivity index (χ0n) is 15.3. The molecule has 0 spiro atoms. The predicted molar refractivity (Wildman–Crippen MR) is 105 cm³/mol. The average Bonchev–Trinajstić information content (AvgIpc) is 3.22. The summed E-state index contributed by atoms with van der Waals surface area (Å²) in [5.41, 5.74) is 2.01. The quantitative estimate of drug-likeness (QED) is 0.660. The molecular formula is C20H21ClN5O2+. The van der Waals surface area contributed by atoms with E-state index in [0.717, 1.165) is 31.7 Å². The number of nitrogens with zero attached hydrogens (tertiary/aromatic N) is 4. The molecule has 144 valence electrons. The molecule has 4 rings (SSSR count). The molecule has 0 aliphatic carbocycles. The molecule has 1 aromatic carbocycles. The number of benzene rings is 1. The van der Waals surface area contributed by atoms with Crippen LogP contribution >= 0.6 is 11.6 Å². The maximum atomic E-state index is 12.5. The van der Waals surface area contributed by atoms with Gasteiger partial charge >= 0.3 is 0 Å². The van der Waals surface area contributed by atoms with Gasteiger partial charge in [-0.25, -0.2) is 4.98 Å². The van der Waals surface area contributed by atoms with E-state index in [9.17, 15) is 4.79 Å². The molecular weight excluding hydrogens is 378 g/mol. The number of aromatic nitrogens is 3. The van der Waals surface area contributed by atoms with Crippen LogP contribution in [0.4, 0.5) is 5.69 Å². The summed E-state index contributed by atoms with van der Waals surface area (Å²) in [5, 5.41) is 4.64. The van der Waals surface area contributed by atoms with Crippen molar-refractivity contribution in [3.8, 4) is 11.4 Å². The third-order valence-corrected chi connectivity index (χ3v) is 5.07. The second kappa shape index (κ2) is 8.39. The van der Waals surface area contributed by atoms with Gasteiger partial charge in [0.1, 0.15) is 0 Å². The number of carbonyl (C=O) groups is 1. The number of pyridine rings is 1. The first-order chi connectivity index (χ1) is 13.7. The number of rotatable bonds is 5. The van der Waals surface area contributed by atoms with Gasteiger partial charge < -0.3 is 14.3 Å². The van der Waals surface area contributed by atoms with Gasteiger partial charge in [-0.05, 0) is 24.3 Å². The van der Waals surface area contributed by atoms with E-state index in [2.05, 4.69) is 20.0 Å². The number of amides is 1. The van der Waals surface area contributed by atoms with E-state index in [1.807, 2.05) is 41.6 Å². The van der Waals surface area contributed by atoms with Crippen molar-refractivity contribution in [1.82, 2.24) is 15.0 Å². The van der Waals surface area contributed by atoms with Gasteiger partial charge in [0.25, 0.3) is 0 Å². The second-order valence-corrected chi connectivity index (χ2v) is 7.08. The normalized spacial score (nSPS) is 14.3. The van der Waals surface area contributed by atoms with Crippen molar-refractivity contribution < 1.29 is 14.3 Å². The van der Waals surface area contributed by atoms with Gasteiger partial charge in [-0.2, -0.15) is 4.98 Å². The highest BCUT2D eigenvalue weighted by Gasteiger charge is 2.22. The Morgan fingerprint density at radius 2 is 1.79 bits per heavy atom. The summed E-state index contributed by atoms with van der Waals surface area (Å²) in [5.74, 6) is 1.09. The molecule has 0 unspecified atom stereocenters. The van der Waals surface area contributed by atoms with Crippen LogP contribution in [0, 0.1) is 0 Å². The van der Waals surface area contributed by atoms with Gasteiger partial charge in [-0.3, -0.25) is 4.79 Å². The summed E-state index contributed by atoms with van der Waals surface area (Å²) in [4.78, 5) is 24.1. The minimum absolute atomic E-state index is 0.118. The topological polar surface area (TPSA) is 76.6 Å². The molecule has 1 fully saturated rings. The highest BCUT2D eigenvalue weighted by Crippen LogP contribution is 2.19. The van der Waals surface area contributed by atoms with E-state index in [1.54, 1.807) is 12.1 Å². The molecule has 1 amide bonds. The molecule has 2 aromatic heterocycles. The summed E-state index contributed by atoms with van der Waals surface area (Å²) in [6.45, 7) is 3.10. The van der Waals surface area contributed by atoms with Crippen molar-refractivity contribution in [2.24, 2.45) is 0 Å². The van der Waals surface area contributed by atoms with Crippen LogP contribution in [0.3, 0.4) is 0 Å². The van der Waals surface area contributed by atoms with Crippen LogP contribution in [-0.2, 0) is 11.2 Å². The summed E-state index contributed by atoms with van der Waals surface area (Å²) >= 11 is 5.90. The lowest BCUT2D eigenvalue weighted by Crippen LogP contribution is -2.48. The fourth-order valence-corrected chi connectivity index (χ4v) is 3.37. The lowest BCUT2D eigenvalue weighted by Gasteiger charge is -2.35. The van der Waals surface area contributed by atoms with E-state index in [4.69, 9.17) is 16.1 Å². The van der Waals surface area contributed by atoms with Gasteiger partial charge in [-0.15, -0.1) is 0 Å². The molecule has 3 heterocycles. The Morgan fingerprint density at radius 1 is 1.07 bits per heavy atom. The van der Waals surface area contributed by atoms with Crippen molar-refractivity contribution in [2.75, 3.05) is 31.1 Å². The largest absolute Gasteiger partial charge is 0.368 e. The zero-order valence-corrected chi connectivity index (χ0v) is 16.1. The third-order valence-electron chi connectivity index (χ3n) is 4.82. The number of aromatic amines is 1. The minimum atomic E-state index is 0.118. The first-order valence-electron chi connectivity index (χ1n) is 9.26. The molecule has 0 bridgehead atoms. The Bertz CT molecular complexity index is 921. The molecule has 3 aromatic rings.